The van der Waals surface area contributed by atoms with E-state index in [1.165, 1.54) is 5.57 Å². The average Bonchev–Trinajstić information content (AvgIpc) is 3.45. The van der Waals surface area contributed by atoms with E-state index < -0.39 is 5.60 Å². The smallest absolute Gasteiger partial charge is 0.164 e. The first-order valence-electron chi connectivity index (χ1n) is 9.97. The van der Waals surface area contributed by atoms with E-state index in [2.05, 4.69) is 26.0 Å². The van der Waals surface area contributed by atoms with Gasteiger partial charge in [-0.05, 0) is 73.3 Å². The van der Waals surface area contributed by atoms with E-state index in [1.54, 1.807) is 6.92 Å². The van der Waals surface area contributed by atoms with Gasteiger partial charge in [0.1, 0.15) is 0 Å². The molecule has 9 atom stereocenters. The first-order chi connectivity index (χ1) is 11.8. The van der Waals surface area contributed by atoms with Gasteiger partial charge in [-0.3, -0.25) is 9.59 Å². The lowest BCUT2D eigenvalue weighted by atomic mass is 9.48. The van der Waals surface area contributed by atoms with E-state index >= 15 is 0 Å². The van der Waals surface area contributed by atoms with E-state index in [0.29, 0.717) is 29.5 Å². The molecule has 6 aliphatic rings. The second kappa shape index (κ2) is 4.03. The Morgan fingerprint density at radius 2 is 2.00 bits per heavy atom. The molecule has 0 bridgehead atoms. The highest BCUT2D eigenvalue weighted by Crippen LogP contribution is 2.74. The first-order valence-corrected chi connectivity index (χ1v) is 9.97. The fourth-order valence-electron chi connectivity index (χ4n) is 7.97. The minimum Gasteiger partial charge on any atom is -0.357 e. The summed E-state index contributed by atoms with van der Waals surface area (Å²) in [6, 6.07) is 0. The van der Waals surface area contributed by atoms with Crippen LogP contribution in [0.1, 0.15) is 46.5 Å². The molecular formula is C22H26O3. The number of epoxide rings is 1. The highest BCUT2D eigenvalue weighted by atomic mass is 16.6. The highest BCUT2D eigenvalue weighted by molar-refractivity contribution is 5.97. The summed E-state index contributed by atoms with van der Waals surface area (Å²) in [5.74, 6) is 3.12. The number of carbonyl (C=O) groups excluding carboxylic acids is 2. The Labute approximate surface area is 148 Å². The summed E-state index contributed by atoms with van der Waals surface area (Å²) in [6.07, 6.45) is 11.1. The lowest BCUT2D eigenvalue weighted by Gasteiger charge is -2.56. The van der Waals surface area contributed by atoms with Gasteiger partial charge in [0.15, 0.2) is 17.2 Å². The van der Waals surface area contributed by atoms with Crippen molar-refractivity contribution in [3.05, 3.63) is 23.8 Å². The Kier molecular flexibility index (Phi) is 2.40. The van der Waals surface area contributed by atoms with E-state index in [0.717, 1.165) is 25.7 Å². The van der Waals surface area contributed by atoms with Gasteiger partial charge in [-0.1, -0.05) is 26.0 Å². The number of rotatable bonds is 1. The summed E-state index contributed by atoms with van der Waals surface area (Å²) >= 11 is 0. The monoisotopic (exact) mass is 338 g/mol. The molecule has 0 aromatic heterocycles. The molecule has 3 heteroatoms. The average molecular weight is 338 g/mol. The summed E-state index contributed by atoms with van der Waals surface area (Å²) in [5, 5.41) is 0. The summed E-state index contributed by atoms with van der Waals surface area (Å²) in [6.45, 7) is 6.46. The fraction of sp³-hybridized carbons (Fsp3) is 0.727. The molecule has 0 unspecified atom stereocenters. The van der Waals surface area contributed by atoms with Crippen LogP contribution in [-0.4, -0.2) is 23.3 Å². The lowest BCUT2D eigenvalue weighted by Crippen LogP contribution is -2.53. The molecule has 0 aromatic rings. The molecule has 0 aromatic carbocycles. The van der Waals surface area contributed by atoms with Gasteiger partial charge in [0.05, 0.1) is 6.10 Å². The third-order valence-corrected chi connectivity index (χ3v) is 9.40. The zero-order valence-electron chi connectivity index (χ0n) is 15.2. The number of ketones is 2. The molecule has 3 saturated carbocycles. The van der Waals surface area contributed by atoms with Gasteiger partial charge in [0.2, 0.25) is 0 Å². The molecule has 6 rings (SSSR count). The molecule has 1 heterocycles. The van der Waals surface area contributed by atoms with Crippen LogP contribution >= 0.6 is 0 Å². The van der Waals surface area contributed by atoms with Crippen molar-refractivity contribution in [2.75, 3.05) is 0 Å². The zero-order chi connectivity index (χ0) is 17.4. The maximum Gasteiger partial charge on any atom is 0.164 e. The predicted octanol–water partition coefficient (Wildman–Crippen LogP) is 3.49. The van der Waals surface area contributed by atoms with Crippen molar-refractivity contribution in [2.45, 2.75) is 58.2 Å². The summed E-state index contributed by atoms with van der Waals surface area (Å²) in [5.41, 5.74) is 0.941. The Morgan fingerprint density at radius 1 is 1.20 bits per heavy atom. The van der Waals surface area contributed by atoms with Gasteiger partial charge >= 0.3 is 0 Å². The standard InChI is InChI=1S/C22H26O3/c1-11(23)22-19(25-22)10-16-13-5-4-12-8-18(24)14-9-17(14)21(12,3)15(13)6-7-20(16,22)2/h4-5,8,13-17,19H,6-7,9-10H2,1-3H3/t13-,14-,15+,16+,17+,19-,20+,21+,22-/m1/s1. The van der Waals surface area contributed by atoms with Gasteiger partial charge in [-0.15, -0.1) is 0 Å². The van der Waals surface area contributed by atoms with Crippen LogP contribution in [-0.2, 0) is 14.3 Å². The minimum absolute atomic E-state index is 0.0139. The van der Waals surface area contributed by atoms with Crippen LogP contribution in [0.4, 0.5) is 0 Å². The molecule has 3 nitrogen and oxygen atoms in total. The second-order valence-electron chi connectivity index (χ2n) is 9.97. The molecule has 25 heavy (non-hydrogen) atoms. The van der Waals surface area contributed by atoms with Crippen LogP contribution in [0.3, 0.4) is 0 Å². The van der Waals surface area contributed by atoms with Crippen LogP contribution in [0, 0.1) is 40.4 Å². The molecule has 0 N–H and O–H groups in total. The SMILES string of the molecule is CC(=O)[C@@]12O[C@@H]1C[C@H]1[C@@H]3C=CC4=CC(=O)[C@@H]5C[C@@H]5[C@]4(C)[C@H]3CC[C@@]12C. The normalized spacial score (nSPS) is 59.8. The van der Waals surface area contributed by atoms with Crippen molar-refractivity contribution >= 4 is 11.6 Å². The van der Waals surface area contributed by atoms with Crippen LogP contribution in [0.15, 0.2) is 23.8 Å². The van der Waals surface area contributed by atoms with Crippen molar-refractivity contribution in [2.24, 2.45) is 40.4 Å². The maximum absolute atomic E-state index is 12.4. The second-order valence-corrected chi connectivity index (χ2v) is 9.97. The molecule has 132 valence electrons. The molecule has 4 fully saturated rings. The van der Waals surface area contributed by atoms with Crippen molar-refractivity contribution < 1.29 is 14.3 Å². The van der Waals surface area contributed by atoms with Crippen LogP contribution in [0.5, 0.6) is 0 Å². The number of carbonyl (C=O) groups is 2. The largest absolute Gasteiger partial charge is 0.357 e. The third-order valence-electron chi connectivity index (χ3n) is 9.40. The molecule has 5 aliphatic carbocycles. The lowest BCUT2D eigenvalue weighted by molar-refractivity contribution is -0.133. The summed E-state index contributed by atoms with van der Waals surface area (Å²) in [7, 11) is 0. The van der Waals surface area contributed by atoms with Crippen molar-refractivity contribution in [3.63, 3.8) is 0 Å². The Hall–Kier alpha value is -1.22. The van der Waals surface area contributed by atoms with Crippen molar-refractivity contribution in [1.82, 2.24) is 0 Å². The molecule has 0 amide bonds. The van der Waals surface area contributed by atoms with Gasteiger partial charge in [0, 0.05) is 11.3 Å². The van der Waals surface area contributed by atoms with Gasteiger partial charge < -0.3 is 4.74 Å². The van der Waals surface area contributed by atoms with E-state index in [1.807, 2.05) is 6.08 Å². The Bertz CT molecular complexity index is 793. The molecular weight excluding hydrogens is 312 g/mol. The van der Waals surface area contributed by atoms with E-state index in [9.17, 15) is 9.59 Å². The molecule has 0 radical (unpaired) electrons. The molecule has 0 spiro atoms. The Morgan fingerprint density at radius 3 is 2.76 bits per heavy atom. The van der Waals surface area contributed by atoms with Gasteiger partial charge in [-0.2, -0.15) is 0 Å². The molecule has 1 aliphatic heterocycles. The predicted molar refractivity (Wildman–Crippen MR) is 92.6 cm³/mol. The number of allylic oxidation sites excluding steroid dienone is 4. The highest BCUT2D eigenvalue weighted by Gasteiger charge is 2.79. The van der Waals surface area contributed by atoms with Gasteiger partial charge in [0.25, 0.3) is 0 Å². The van der Waals surface area contributed by atoms with Crippen LogP contribution in [0.25, 0.3) is 0 Å². The minimum atomic E-state index is -0.488. The van der Waals surface area contributed by atoms with Crippen molar-refractivity contribution in [3.8, 4) is 0 Å². The number of hydrogen-bond acceptors (Lipinski definition) is 3. The zero-order valence-corrected chi connectivity index (χ0v) is 15.2. The fourth-order valence-corrected chi connectivity index (χ4v) is 7.97. The number of hydrogen-bond donors (Lipinski definition) is 0. The van der Waals surface area contributed by atoms with Gasteiger partial charge in [-0.25, -0.2) is 0 Å². The Balaban J connectivity index is 1.44. The summed E-state index contributed by atoms with van der Waals surface area (Å²) in [4.78, 5) is 24.7. The quantitative estimate of drug-likeness (QED) is 0.688. The molecule has 1 saturated heterocycles. The summed E-state index contributed by atoms with van der Waals surface area (Å²) < 4.78 is 6.00. The number of fused-ring (bicyclic) bond motifs is 9. The number of Topliss-reactive ketones (excluding diaryl/α,β-unsaturated/α-hetero) is 1. The topological polar surface area (TPSA) is 46.7 Å². The third kappa shape index (κ3) is 1.40. The van der Waals surface area contributed by atoms with E-state index in [-0.39, 0.29) is 28.6 Å². The van der Waals surface area contributed by atoms with Crippen LogP contribution < -0.4 is 0 Å². The number of ether oxygens (including phenoxy) is 1. The van der Waals surface area contributed by atoms with E-state index in [4.69, 9.17) is 4.74 Å². The van der Waals surface area contributed by atoms with Crippen LogP contribution in [0.2, 0.25) is 0 Å². The maximum atomic E-state index is 12.4. The van der Waals surface area contributed by atoms with Crippen molar-refractivity contribution in [1.29, 1.82) is 0 Å². The first kappa shape index (κ1) is 14.9.